The summed E-state index contributed by atoms with van der Waals surface area (Å²) >= 11 is 0. The van der Waals surface area contributed by atoms with E-state index in [0.29, 0.717) is 0 Å². The molecule has 1 aromatic carbocycles. The fraction of sp³-hybridized carbons (Fsp3) is 0.348. The minimum Gasteiger partial charge on any atom is -0.487 e. The third-order valence-corrected chi connectivity index (χ3v) is 5.99. The summed E-state index contributed by atoms with van der Waals surface area (Å²) in [6.07, 6.45) is 8.49. The van der Waals surface area contributed by atoms with E-state index in [1.807, 2.05) is 30.6 Å². The number of fused-ring (bicyclic) bond motifs is 1. The molecule has 28 heavy (non-hydrogen) atoms. The van der Waals surface area contributed by atoms with Crippen LogP contribution in [0.4, 0.5) is 5.69 Å². The van der Waals surface area contributed by atoms with Crippen molar-refractivity contribution in [1.82, 2.24) is 10.3 Å². The molecule has 2 aliphatic rings. The van der Waals surface area contributed by atoms with Gasteiger partial charge in [0.15, 0.2) is 0 Å². The van der Waals surface area contributed by atoms with Gasteiger partial charge in [0, 0.05) is 50.2 Å². The number of ether oxygens (including phenoxy) is 1. The molecule has 0 bridgehead atoms. The number of anilines is 1. The molecule has 2 aliphatic heterocycles. The molecule has 0 aliphatic carbocycles. The van der Waals surface area contributed by atoms with Gasteiger partial charge in [-0.2, -0.15) is 0 Å². The van der Waals surface area contributed by atoms with E-state index in [-0.39, 0.29) is 11.6 Å². The van der Waals surface area contributed by atoms with Crippen molar-refractivity contribution >= 4 is 5.69 Å². The van der Waals surface area contributed by atoms with Crippen LogP contribution < -0.4 is 15.0 Å². The Hall–Kier alpha value is -2.79. The molecule has 0 radical (unpaired) electrons. The molecule has 1 N–H and O–H groups in total. The molecule has 1 unspecified atom stereocenters. The van der Waals surface area contributed by atoms with E-state index in [1.165, 1.54) is 11.3 Å². The number of nitrogens with one attached hydrogen (secondary N) is 1. The van der Waals surface area contributed by atoms with Crippen molar-refractivity contribution < 1.29 is 9.15 Å². The molecule has 5 nitrogen and oxygen atoms in total. The Morgan fingerprint density at radius 3 is 2.75 bits per heavy atom. The number of furan rings is 1. The average molecular weight is 375 g/mol. The SMILES string of the molecule is c1cncc(N2CCC3(CC2)CC(NCc2ccco2)c2ccccc2O3)c1. The smallest absolute Gasteiger partial charge is 0.124 e. The van der Waals surface area contributed by atoms with E-state index in [1.54, 1.807) is 6.26 Å². The first-order chi connectivity index (χ1) is 13.8. The number of piperidine rings is 1. The highest BCUT2D eigenvalue weighted by molar-refractivity contribution is 5.45. The number of rotatable bonds is 4. The average Bonchev–Trinajstić information content (AvgIpc) is 3.27. The summed E-state index contributed by atoms with van der Waals surface area (Å²) in [6.45, 7) is 2.70. The van der Waals surface area contributed by atoms with Crippen LogP contribution in [0.3, 0.4) is 0 Å². The Morgan fingerprint density at radius 2 is 1.96 bits per heavy atom. The molecular formula is C23H25N3O2. The molecule has 0 saturated carbocycles. The third-order valence-electron chi connectivity index (χ3n) is 5.99. The fourth-order valence-corrected chi connectivity index (χ4v) is 4.46. The van der Waals surface area contributed by atoms with E-state index >= 15 is 0 Å². The summed E-state index contributed by atoms with van der Waals surface area (Å²) in [5.74, 6) is 1.98. The predicted octanol–water partition coefficient (Wildman–Crippen LogP) is 4.33. The van der Waals surface area contributed by atoms with Crippen molar-refractivity contribution in [2.75, 3.05) is 18.0 Å². The van der Waals surface area contributed by atoms with Gasteiger partial charge in [-0.25, -0.2) is 0 Å². The Labute approximate surface area is 165 Å². The Balaban J connectivity index is 1.33. The minimum absolute atomic E-state index is 0.117. The molecule has 5 heteroatoms. The van der Waals surface area contributed by atoms with Crippen molar-refractivity contribution in [3.8, 4) is 5.75 Å². The molecule has 4 heterocycles. The minimum atomic E-state index is -0.117. The molecule has 3 aromatic rings. The maximum atomic E-state index is 6.61. The zero-order chi connectivity index (χ0) is 18.8. The molecule has 1 atom stereocenters. The van der Waals surface area contributed by atoms with Gasteiger partial charge in [0.25, 0.3) is 0 Å². The number of aromatic nitrogens is 1. The van der Waals surface area contributed by atoms with E-state index in [0.717, 1.165) is 50.4 Å². The zero-order valence-electron chi connectivity index (χ0n) is 15.9. The van der Waals surface area contributed by atoms with Crippen LogP contribution in [0.15, 0.2) is 71.6 Å². The predicted molar refractivity (Wildman–Crippen MR) is 108 cm³/mol. The molecule has 1 fully saturated rings. The standard InChI is InChI=1S/C23H25N3O2/c1-2-8-22-20(7-1)21(25-17-19-6-4-14-27-19)15-23(28-22)9-12-26(13-10-23)18-5-3-11-24-16-18/h1-8,11,14,16,21,25H,9-10,12-13,15,17H2. The summed E-state index contributed by atoms with van der Waals surface area (Å²) < 4.78 is 12.1. The van der Waals surface area contributed by atoms with Gasteiger partial charge >= 0.3 is 0 Å². The van der Waals surface area contributed by atoms with Gasteiger partial charge in [-0.3, -0.25) is 4.98 Å². The van der Waals surface area contributed by atoms with Crippen molar-refractivity contribution in [2.24, 2.45) is 0 Å². The lowest BCUT2D eigenvalue weighted by Gasteiger charge is -2.47. The van der Waals surface area contributed by atoms with E-state index in [4.69, 9.17) is 9.15 Å². The van der Waals surface area contributed by atoms with Gasteiger partial charge in [-0.15, -0.1) is 0 Å². The van der Waals surface area contributed by atoms with Crippen LogP contribution >= 0.6 is 0 Å². The van der Waals surface area contributed by atoms with Crippen molar-refractivity contribution in [1.29, 1.82) is 0 Å². The van der Waals surface area contributed by atoms with Crippen LogP contribution in [0.1, 0.15) is 36.6 Å². The number of para-hydroxylation sites is 1. The van der Waals surface area contributed by atoms with Crippen molar-refractivity contribution in [2.45, 2.75) is 37.5 Å². The van der Waals surface area contributed by atoms with Crippen LogP contribution in [0.2, 0.25) is 0 Å². The van der Waals surface area contributed by atoms with Gasteiger partial charge in [0.1, 0.15) is 17.1 Å². The molecule has 1 spiro atoms. The Morgan fingerprint density at radius 1 is 1.07 bits per heavy atom. The number of nitrogens with zero attached hydrogens (tertiary/aromatic N) is 2. The van der Waals surface area contributed by atoms with Crippen LogP contribution in [0, 0.1) is 0 Å². The van der Waals surface area contributed by atoms with Gasteiger partial charge in [-0.1, -0.05) is 18.2 Å². The van der Waals surface area contributed by atoms with Crippen LogP contribution in [-0.4, -0.2) is 23.7 Å². The highest BCUT2D eigenvalue weighted by Crippen LogP contribution is 2.44. The summed E-state index contributed by atoms with van der Waals surface area (Å²) in [7, 11) is 0. The van der Waals surface area contributed by atoms with Gasteiger partial charge in [0.2, 0.25) is 0 Å². The summed E-state index contributed by atoms with van der Waals surface area (Å²) in [6, 6.07) is 16.8. The first-order valence-corrected chi connectivity index (χ1v) is 10.0. The summed E-state index contributed by atoms with van der Waals surface area (Å²) in [5, 5.41) is 3.70. The first-order valence-electron chi connectivity index (χ1n) is 10.0. The van der Waals surface area contributed by atoms with Gasteiger partial charge < -0.3 is 19.4 Å². The van der Waals surface area contributed by atoms with Crippen molar-refractivity contribution in [3.05, 3.63) is 78.5 Å². The lowest BCUT2D eigenvalue weighted by atomic mass is 9.80. The molecular weight excluding hydrogens is 350 g/mol. The van der Waals surface area contributed by atoms with Crippen LogP contribution in [0.25, 0.3) is 0 Å². The largest absolute Gasteiger partial charge is 0.487 e. The van der Waals surface area contributed by atoms with E-state index in [2.05, 4.69) is 45.5 Å². The normalized spacial score (nSPS) is 20.6. The highest BCUT2D eigenvalue weighted by Gasteiger charge is 2.43. The second-order valence-electron chi connectivity index (χ2n) is 7.74. The molecule has 144 valence electrons. The number of hydrogen-bond donors (Lipinski definition) is 1. The molecule has 1 saturated heterocycles. The fourth-order valence-electron chi connectivity index (χ4n) is 4.46. The number of pyridine rings is 1. The van der Waals surface area contributed by atoms with E-state index in [9.17, 15) is 0 Å². The van der Waals surface area contributed by atoms with Crippen molar-refractivity contribution in [3.63, 3.8) is 0 Å². The monoisotopic (exact) mass is 375 g/mol. The lowest BCUT2D eigenvalue weighted by Crippen LogP contribution is -2.52. The molecule has 2 aromatic heterocycles. The molecule has 0 amide bonds. The van der Waals surface area contributed by atoms with Gasteiger partial charge in [0.05, 0.1) is 24.7 Å². The summed E-state index contributed by atoms with van der Waals surface area (Å²) in [5.41, 5.74) is 2.32. The Bertz CT molecular complexity index is 903. The maximum Gasteiger partial charge on any atom is 0.124 e. The highest BCUT2D eigenvalue weighted by atomic mass is 16.5. The van der Waals surface area contributed by atoms with Gasteiger partial charge in [-0.05, 0) is 30.3 Å². The molecule has 5 rings (SSSR count). The number of benzene rings is 1. The third kappa shape index (κ3) is 3.38. The second-order valence-corrected chi connectivity index (χ2v) is 7.74. The zero-order valence-corrected chi connectivity index (χ0v) is 15.9. The summed E-state index contributed by atoms with van der Waals surface area (Å²) in [4.78, 5) is 6.67. The quantitative estimate of drug-likeness (QED) is 0.736. The van der Waals surface area contributed by atoms with E-state index < -0.39 is 0 Å². The Kier molecular flexibility index (Phi) is 4.53. The van der Waals surface area contributed by atoms with Crippen LogP contribution in [0.5, 0.6) is 5.75 Å². The number of hydrogen-bond acceptors (Lipinski definition) is 5. The first kappa shape index (κ1) is 17.3. The lowest BCUT2D eigenvalue weighted by molar-refractivity contribution is 0.00781. The maximum absolute atomic E-state index is 6.61. The second kappa shape index (κ2) is 7.32. The van der Waals surface area contributed by atoms with Crippen LogP contribution in [-0.2, 0) is 6.54 Å². The topological polar surface area (TPSA) is 50.5 Å².